The molecule has 1 atom stereocenters. The molecule has 0 fully saturated rings. The molecule has 0 aliphatic rings. The smallest absolute Gasteiger partial charge is 0.264 e. The zero-order chi connectivity index (χ0) is 14.6. The van der Waals surface area contributed by atoms with E-state index in [0.717, 1.165) is 17.7 Å². The molecule has 1 heterocycles. The van der Waals surface area contributed by atoms with Gasteiger partial charge in [0.2, 0.25) is 0 Å². The SMILES string of the molecule is CC(N=Nc1ccc(C(F)(F)F)cc1)c1cccnc1. The van der Waals surface area contributed by atoms with Crippen molar-refractivity contribution in [3.8, 4) is 0 Å². The lowest BCUT2D eigenvalue weighted by atomic mass is 10.2. The minimum atomic E-state index is -4.33. The second kappa shape index (κ2) is 5.81. The van der Waals surface area contributed by atoms with E-state index in [1.807, 2.05) is 13.0 Å². The van der Waals surface area contributed by atoms with Gasteiger partial charge in [-0.2, -0.15) is 23.4 Å². The Labute approximate surface area is 114 Å². The summed E-state index contributed by atoms with van der Waals surface area (Å²) in [6.45, 7) is 1.84. The van der Waals surface area contributed by atoms with Crippen LogP contribution in [0.15, 0.2) is 59.0 Å². The van der Waals surface area contributed by atoms with E-state index in [2.05, 4.69) is 15.2 Å². The summed E-state index contributed by atoms with van der Waals surface area (Å²) in [6.07, 6.45) is -1.00. The van der Waals surface area contributed by atoms with Crippen molar-refractivity contribution < 1.29 is 13.2 Å². The Bertz CT molecular complexity index is 577. The van der Waals surface area contributed by atoms with Crippen LogP contribution in [0.5, 0.6) is 0 Å². The molecule has 0 radical (unpaired) electrons. The van der Waals surface area contributed by atoms with E-state index in [9.17, 15) is 13.2 Å². The number of pyridine rings is 1. The molecule has 0 spiro atoms. The quantitative estimate of drug-likeness (QED) is 0.733. The molecule has 1 aromatic heterocycles. The van der Waals surface area contributed by atoms with E-state index in [4.69, 9.17) is 0 Å². The summed E-state index contributed by atoms with van der Waals surface area (Å²) in [5.41, 5.74) is 0.577. The minimum Gasteiger partial charge on any atom is -0.264 e. The first kappa shape index (κ1) is 14.2. The van der Waals surface area contributed by atoms with E-state index in [-0.39, 0.29) is 6.04 Å². The van der Waals surface area contributed by atoms with Crippen molar-refractivity contribution >= 4 is 5.69 Å². The van der Waals surface area contributed by atoms with Gasteiger partial charge in [0.05, 0.1) is 17.3 Å². The Morgan fingerprint density at radius 3 is 2.35 bits per heavy atom. The first-order chi connectivity index (χ1) is 9.47. The molecule has 104 valence electrons. The van der Waals surface area contributed by atoms with E-state index in [1.54, 1.807) is 18.5 Å². The molecule has 0 aliphatic carbocycles. The molecule has 0 N–H and O–H groups in total. The van der Waals surface area contributed by atoms with Crippen LogP contribution in [0.25, 0.3) is 0 Å². The van der Waals surface area contributed by atoms with Gasteiger partial charge in [-0.05, 0) is 42.8 Å². The van der Waals surface area contributed by atoms with Gasteiger partial charge >= 0.3 is 6.18 Å². The second-order valence-corrected chi connectivity index (χ2v) is 4.22. The maximum absolute atomic E-state index is 12.4. The fraction of sp³-hybridized carbons (Fsp3) is 0.214. The number of nitrogens with zero attached hydrogens (tertiary/aromatic N) is 3. The summed E-state index contributed by atoms with van der Waals surface area (Å²) in [4.78, 5) is 3.97. The van der Waals surface area contributed by atoms with E-state index >= 15 is 0 Å². The highest BCUT2D eigenvalue weighted by Gasteiger charge is 2.29. The highest BCUT2D eigenvalue weighted by molar-refractivity contribution is 5.39. The van der Waals surface area contributed by atoms with Crippen molar-refractivity contribution in [1.29, 1.82) is 0 Å². The Morgan fingerprint density at radius 2 is 1.80 bits per heavy atom. The molecule has 0 saturated carbocycles. The van der Waals surface area contributed by atoms with Crippen molar-refractivity contribution in [1.82, 2.24) is 4.98 Å². The monoisotopic (exact) mass is 279 g/mol. The first-order valence-electron chi connectivity index (χ1n) is 5.95. The van der Waals surface area contributed by atoms with Gasteiger partial charge in [-0.1, -0.05) is 6.07 Å². The maximum Gasteiger partial charge on any atom is 0.416 e. The third-order valence-electron chi connectivity index (χ3n) is 2.71. The Morgan fingerprint density at radius 1 is 1.10 bits per heavy atom. The molecule has 6 heteroatoms. The molecule has 2 aromatic rings. The van der Waals surface area contributed by atoms with Crippen LogP contribution in [-0.2, 0) is 6.18 Å². The molecular formula is C14H12F3N3. The molecule has 0 bridgehead atoms. The number of rotatable bonds is 3. The van der Waals surface area contributed by atoms with Crippen molar-refractivity contribution in [2.45, 2.75) is 19.1 Å². The van der Waals surface area contributed by atoms with Gasteiger partial charge in [0.1, 0.15) is 0 Å². The van der Waals surface area contributed by atoms with Crippen molar-refractivity contribution in [2.75, 3.05) is 0 Å². The Kier molecular flexibility index (Phi) is 4.12. The van der Waals surface area contributed by atoms with Gasteiger partial charge in [0.25, 0.3) is 0 Å². The average molecular weight is 279 g/mol. The molecule has 0 amide bonds. The van der Waals surface area contributed by atoms with E-state index in [0.29, 0.717) is 5.69 Å². The summed E-state index contributed by atoms with van der Waals surface area (Å²) in [6, 6.07) is 8.02. The molecule has 20 heavy (non-hydrogen) atoms. The second-order valence-electron chi connectivity index (χ2n) is 4.22. The number of hydrogen-bond acceptors (Lipinski definition) is 3. The third-order valence-corrected chi connectivity index (χ3v) is 2.71. The Balaban J connectivity index is 2.08. The summed E-state index contributed by atoms with van der Waals surface area (Å²) >= 11 is 0. The van der Waals surface area contributed by atoms with Crippen LogP contribution in [0.2, 0.25) is 0 Å². The van der Waals surface area contributed by atoms with Crippen LogP contribution >= 0.6 is 0 Å². The lowest BCUT2D eigenvalue weighted by Crippen LogP contribution is -2.03. The zero-order valence-corrected chi connectivity index (χ0v) is 10.7. The molecule has 2 rings (SSSR count). The van der Waals surface area contributed by atoms with Gasteiger partial charge in [0, 0.05) is 12.4 Å². The van der Waals surface area contributed by atoms with E-state index < -0.39 is 11.7 Å². The summed E-state index contributed by atoms with van der Waals surface area (Å²) in [5, 5.41) is 8.00. The highest BCUT2D eigenvalue weighted by atomic mass is 19.4. The van der Waals surface area contributed by atoms with Gasteiger partial charge in [0.15, 0.2) is 0 Å². The number of aromatic nitrogens is 1. The van der Waals surface area contributed by atoms with Crippen molar-refractivity contribution in [3.05, 3.63) is 59.9 Å². The van der Waals surface area contributed by atoms with Gasteiger partial charge < -0.3 is 0 Å². The highest BCUT2D eigenvalue weighted by Crippen LogP contribution is 2.30. The molecule has 3 nitrogen and oxygen atoms in total. The summed E-state index contributed by atoms with van der Waals surface area (Å²) in [5.74, 6) is 0. The summed E-state index contributed by atoms with van der Waals surface area (Å²) in [7, 11) is 0. The van der Waals surface area contributed by atoms with Crippen LogP contribution in [-0.4, -0.2) is 4.98 Å². The molecule has 1 unspecified atom stereocenters. The number of hydrogen-bond donors (Lipinski definition) is 0. The van der Waals surface area contributed by atoms with E-state index in [1.165, 1.54) is 12.1 Å². The zero-order valence-electron chi connectivity index (χ0n) is 10.7. The lowest BCUT2D eigenvalue weighted by Gasteiger charge is -2.06. The van der Waals surface area contributed by atoms with Gasteiger partial charge in [-0.25, -0.2) is 0 Å². The predicted octanol–water partition coefficient (Wildman–Crippen LogP) is 4.95. The fourth-order valence-corrected chi connectivity index (χ4v) is 1.56. The molecule has 0 aliphatic heterocycles. The largest absolute Gasteiger partial charge is 0.416 e. The van der Waals surface area contributed by atoms with Gasteiger partial charge in [-0.3, -0.25) is 4.98 Å². The molecule has 1 aromatic carbocycles. The maximum atomic E-state index is 12.4. The molecule has 0 saturated heterocycles. The van der Waals surface area contributed by atoms with Crippen LogP contribution in [0.3, 0.4) is 0 Å². The normalized spacial score (nSPS) is 13.6. The van der Waals surface area contributed by atoms with Gasteiger partial charge in [-0.15, -0.1) is 0 Å². The topological polar surface area (TPSA) is 37.6 Å². The predicted molar refractivity (Wildman–Crippen MR) is 68.6 cm³/mol. The number of benzene rings is 1. The third kappa shape index (κ3) is 3.63. The number of azo groups is 1. The minimum absolute atomic E-state index is 0.203. The first-order valence-corrected chi connectivity index (χ1v) is 5.95. The van der Waals surface area contributed by atoms with Crippen molar-refractivity contribution in [2.24, 2.45) is 10.2 Å². The lowest BCUT2D eigenvalue weighted by molar-refractivity contribution is -0.137. The summed E-state index contributed by atoms with van der Waals surface area (Å²) < 4.78 is 37.2. The van der Waals surface area contributed by atoms with Crippen LogP contribution in [0.1, 0.15) is 24.1 Å². The fourth-order valence-electron chi connectivity index (χ4n) is 1.56. The Hall–Kier alpha value is -2.24. The van der Waals surface area contributed by atoms with Crippen molar-refractivity contribution in [3.63, 3.8) is 0 Å². The molecular weight excluding hydrogens is 267 g/mol. The standard InChI is InChI=1S/C14H12F3N3/c1-10(11-3-2-8-18-9-11)19-20-13-6-4-12(5-7-13)14(15,16)17/h2-10H,1H3. The number of alkyl halides is 3. The van der Waals surface area contributed by atoms with Crippen LogP contribution in [0, 0.1) is 0 Å². The van der Waals surface area contributed by atoms with Crippen LogP contribution in [0.4, 0.5) is 18.9 Å². The number of halogens is 3. The average Bonchev–Trinajstić information content (AvgIpc) is 2.45. The van der Waals surface area contributed by atoms with Crippen LogP contribution < -0.4 is 0 Å².